The predicted molar refractivity (Wildman–Crippen MR) is 109 cm³/mol. The van der Waals surface area contributed by atoms with Crippen LogP contribution < -0.4 is 5.32 Å². The van der Waals surface area contributed by atoms with Gasteiger partial charge in [0.2, 0.25) is 10.0 Å². The minimum absolute atomic E-state index is 0.00124. The van der Waals surface area contributed by atoms with Gasteiger partial charge in [-0.15, -0.1) is 0 Å². The molecule has 7 nitrogen and oxygen atoms in total. The van der Waals surface area contributed by atoms with Gasteiger partial charge in [0, 0.05) is 43.2 Å². The maximum absolute atomic E-state index is 12.9. The lowest BCUT2D eigenvalue weighted by Gasteiger charge is -2.41. The summed E-state index contributed by atoms with van der Waals surface area (Å²) in [7, 11) is -3.45. The molecule has 1 N–H and O–H groups in total. The molecule has 9 heteroatoms. The van der Waals surface area contributed by atoms with Crippen LogP contribution in [0, 0.1) is 5.92 Å². The predicted octanol–water partition coefficient (Wildman–Crippen LogP) is 2.31. The first kappa shape index (κ1) is 21.4. The number of sulfonamides is 1. The minimum Gasteiger partial charge on any atom is -0.379 e. The maximum Gasteiger partial charge on any atom is 0.317 e. The summed E-state index contributed by atoms with van der Waals surface area (Å²) in [6.07, 6.45) is 1.49. The third kappa shape index (κ3) is 5.17. The summed E-state index contributed by atoms with van der Waals surface area (Å²) >= 11 is 5.88. The molecule has 0 saturated carbocycles. The summed E-state index contributed by atoms with van der Waals surface area (Å²) in [6.45, 7) is 4.91. The van der Waals surface area contributed by atoms with E-state index in [9.17, 15) is 13.2 Å². The van der Waals surface area contributed by atoms with Gasteiger partial charge in [-0.3, -0.25) is 0 Å². The fourth-order valence-electron chi connectivity index (χ4n) is 3.84. The lowest BCUT2D eigenvalue weighted by Crippen LogP contribution is -2.56. The lowest BCUT2D eigenvalue weighted by atomic mass is 9.93. The van der Waals surface area contributed by atoms with E-state index in [-0.39, 0.29) is 23.7 Å². The van der Waals surface area contributed by atoms with Crippen molar-refractivity contribution in [2.45, 2.75) is 31.6 Å². The molecule has 156 valence electrons. The van der Waals surface area contributed by atoms with Gasteiger partial charge in [-0.1, -0.05) is 30.7 Å². The summed E-state index contributed by atoms with van der Waals surface area (Å²) in [6, 6.07) is 6.79. The van der Waals surface area contributed by atoms with Crippen LogP contribution in [0.1, 0.15) is 25.3 Å². The Balaban J connectivity index is 1.68. The number of ether oxygens (including phenoxy) is 1. The third-order valence-corrected chi connectivity index (χ3v) is 7.38. The van der Waals surface area contributed by atoms with Crippen LogP contribution >= 0.6 is 11.6 Å². The smallest absolute Gasteiger partial charge is 0.317 e. The Morgan fingerprint density at radius 2 is 2.04 bits per heavy atom. The Kier molecular flexibility index (Phi) is 7.20. The van der Waals surface area contributed by atoms with E-state index < -0.39 is 10.0 Å². The molecule has 0 unspecified atom stereocenters. The van der Waals surface area contributed by atoms with E-state index in [0.717, 1.165) is 6.42 Å². The Morgan fingerprint density at radius 1 is 1.29 bits per heavy atom. The number of benzene rings is 1. The van der Waals surface area contributed by atoms with Gasteiger partial charge in [0.15, 0.2) is 0 Å². The van der Waals surface area contributed by atoms with E-state index in [2.05, 4.69) is 5.32 Å². The van der Waals surface area contributed by atoms with Crippen LogP contribution in [0.3, 0.4) is 0 Å². The molecule has 0 radical (unpaired) electrons. The summed E-state index contributed by atoms with van der Waals surface area (Å²) in [5, 5.41) is 3.51. The normalized spacial score (nSPS) is 23.7. The summed E-state index contributed by atoms with van der Waals surface area (Å²) in [5.74, 6) is -0.0769. The van der Waals surface area contributed by atoms with Crippen molar-refractivity contribution >= 4 is 27.7 Å². The third-order valence-electron chi connectivity index (χ3n) is 5.31. The van der Waals surface area contributed by atoms with Crippen molar-refractivity contribution in [3.8, 4) is 0 Å². The highest BCUT2D eigenvalue weighted by Gasteiger charge is 2.40. The molecule has 1 aromatic carbocycles. The molecule has 0 aromatic heterocycles. The zero-order valence-electron chi connectivity index (χ0n) is 16.1. The van der Waals surface area contributed by atoms with Crippen LogP contribution in [0.15, 0.2) is 24.3 Å². The van der Waals surface area contributed by atoms with Gasteiger partial charge >= 0.3 is 6.03 Å². The summed E-state index contributed by atoms with van der Waals surface area (Å²) in [5.41, 5.74) is 0.712. The van der Waals surface area contributed by atoms with Crippen molar-refractivity contribution in [1.82, 2.24) is 14.5 Å². The van der Waals surface area contributed by atoms with E-state index in [4.69, 9.17) is 16.3 Å². The number of nitrogens with zero attached hydrogens (tertiary/aromatic N) is 2. The summed E-state index contributed by atoms with van der Waals surface area (Å²) in [4.78, 5) is 14.4. The molecule has 2 heterocycles. The van der Waals surface area contributed by atoms with Crippen LogP contribution in [-0.2, 0) is 20.5 Å². The molecule has 0 spiro atoms. The van der Waals surface area contributed by atoms with Gasteiger partial charge in [0.1, 0.15) is 0 Å². The van der Waals surface area contributed by atoms with E-state index in [0.29, 0.717) is 56.4 Å². The Hall–Kier alpha value is -1.35. The van der Waals surface area contributed by atoms with E-state index in [1.807, 2.05) is 11.8 Å². The number of carbonyl (C=O) groups is 1. The number of rotatable bonds is 5. The standard InChI is InChI=1S/C19H28ClN3O4S/c1-2-8-21-19(24)23-10-11-27-13-16-12-22(9-7-18(16)23)28(25,26)14-15-3-5-17(20)6-4-15/h3-6,16,18H,2,7-14H2,1H3,(H,21,24)/t16-,18-/m1/s1. The first-order chi connectivity index (χ1) is 13.4. The quantitative estimate of drug-likeness (QED) is 0.779. The molecular formula is C19H28ClN3O4S. The number of amides is 2. The molecule has 0 bridgehead atoms. The fraction of sp³-hybridized carbons (Fsp3) is 0.632. The molecular weight excluding hydrogens is 402 g/mol. The molecule has 2 amide bonds. The average Bonchev–Trinajstić information content (AvgIpc) is 2.89. The van der Waals surface area contributed by atoms with Crippen molar-refractivity contribution in [2.75, 3.05) is 39.4 Å². The Morgan fingerprint density at radius 3 is 2.75 bits per heavy atom. The van der Waals surface area contributed by atoms with Gasteiger partial charge in [0.05, 0.1) is 19.0 Å². The minimum atomic E-state index is -3.45. The number of piperidine rings is 1. The zero-order valence-corrected chi connectivity index (χ0v) is 17.7. The van der Waals surface area contributed by atoms with Gasteiger partial charge in [-0.2, -0.15) is 0 Å². The van der Waals surface area contributed by atoms with E-state index >= 15 is 0 Å². The van der Waals surface area contributed by atoms with Crippen LogP contribution in [-0.4, -0.2) is 69.1 Å². The number of halogens is 1. The van der Waals surface area contributed by atoms with Gasteiger partial charge < -0.3 is 15.0 Å². The highest BCUT2D eigenvalue weighted by atomic mass is 35.5. The van der Waals surface area contributed by atoms with Crippen LogP contribution in [0.25, 0.3) is 0 Å². The Labute approximate surface area is 172 Å². The monoisotopic (exact) mass is 429 g/mol. The molecule has 2 saturated heterocycles. The van der Waals surface area contributed by atoms with Crippen molar-refractivity contribution in [3.63, 3.8) is 0 Å². The molecule has 1 aromatic rings. The van der Waals surface area contributed by atoms with Crippen LogP contribution in [0.2, 0.25) is 5.02 Å². The topological polar surface area (TPSA) is 79.0 Å². The molecule has 2 aliphatic heterocycles. The first-order valence-corrected chi connectivity index (χ1v) is 11.7. The molecule has 2 fully saturated rings. The van der Waals surface area contributed by atoms with Crippen molar-refractivity contribution in [1.29, 1.82) is 0 Å². The molecule has 3 rings (SSSR count). The second-order valence-electron chi connectivity index (χ2n) is 7.36. The fourth-order valence-corrected chi connectivity index (χ4v) is 5.57. The van der Waals surface area contributed by atoms with Gasteiger partial charge in [-0.25, -0.2) is 17.5 Å². The zero-order chi connectivity index (χ0) is 20.1. The molecule has 0 aliphatic carbocycles. The van der Waals surface area contributed by atoms with E-state index in [1.165, 1.54) is 0 Å². The largest absolute Gasteiger partial charge is 0.379 e. The number of urea groups is 1. The summed E-state index contributed by atoms with van der Waals surface area (Å²) < 4.78 is 33.1. The number of carbonyl (C=O) groups excluding carboxylic acids is 1. The van der Waals surface area contributed by atoms with Crippen LogP contribution in [0.5, 0.6) is 0 Å². The van der Waals surface area contributed by atoms with E-state index in [1.54, 1.807) is 28.6 Å². The number of hydrogen-bond donors (Lipinski definition) is 1. The highest BCUT2D eigenvalue weighted by Crippen LogP contribution is 2.28. The average molecular weight is 430 g/mol. The van der Waals surface area contributed by atoms with Crippen molar-refractivity contribution < 1.29 is 17.9 Å². The van der Waals surface area contributed by atoms with Crippen molar-refractivity contribution in [2.24, 2.45) is 5.92 Å². The SMILES string of the molecule is CCCNC(=O)N1CCOC[C@H]2CN(S(=O)(=O)Cc3ccc(Cl)cc3)CC[C@H]21. The number of nitrogens with one attached hydrogen (secondary N) is 1. The van der Waals surface area contributed by atoms with Gasteiger partial charge in [0.25, 0.3) is 0 Å². The molecule has 2 aliphatic rings. The van der Waals surface area contributed by atoms with Crippen molar-refractivity contribution in [3.05, 3.63) is 34.9 Å². The maximum atomic E-state index is 12.9. The van der Waals surface area contributed by atoms with Gasteiger partial charge in [-0.05, 0) is 30.5 Å². The second kappa shape index (κ2) is 9.43. The molecule has 2 atom stereocenters. The lowest BCUT2D eigenvalue weighted by molar-refractivity contribution is 0.0847. The van der Waals surface area contributed by atoms with Crippen LogP contribution in [0.4, 0.5) is 4.79 Å². The highest BCUT2D eigenvalue weighted by molar-refractivity contribution is 7.88. The second-order valence-corrected chi connectivity index (χ2v) is 9.76. The number of hydrogen-bond acceptors (Lipinski definition) is 4. The Bertz CT molecular complexity index is 772. The first-order valence-electron chi connectivity index (χ1n) is 9.75. The number of fused-ring (bicyclic) bond motifs is 1. The molecule has 28 heavy (non-hydrogen) atoms.